The predicted octanol–water partition coefficient (Wildman–Crippen LogP) is 3.49. The van der Waals surface area contributed by atoms with Crippen LogP contribution in [0.5, 0.6) is 11.5 Å². The Labute approximate surface area is 181 Å². The molecule has 0 aromatic heterocycles. The van der Waals surface area contributed by atoms with E-state index in [0.717, 1.165) is 43.7 Å². The van der Waals surface area contributed by atoms with Gasteiger partial charge < -0.3 is 9.47 Å². The number of piperazine rings is 1. The van der Waals surface area contributed by atoms with Crippen molar-refractivity contribution in [3.8, 4) is 11.5 Å². The van der Waals surface area contributed by atoms with Crippen molar-refractivity contribution in [3.63, 3.8) is 0 Å². The van der Waals surface area contributed by atoms with E-state index in [1.165, 1.54) is 50.1 Å². The molecule has 0 aliphatic carbocycles. The van der Waals surface area contributed by atoms with Gasteiger partial charge in [-0.15, -0.1) is 0 Å². The quantitative estimate of drug-likeness (QED) is 0.698. The van der Waals surface area contributed by atoms with E-state index in [-0.39, 0.29) is 0 Å². The summed E-state index contributed by atoms with van der Waals surface area (Å²) in [7, 11) is 3.43. The molecule has 0 N–H and O–H groups in total. The molecule has 2 aromatic rings. The zero-order valence-corrected chi connectivity index (χ0v) is 18.4. The molecule has 5 nitrogen and oxygen atoms in total. The van der Waals surface area contributed by atoms with Gasteiger partial charge in [-0.05, 0) is 37.6 Å². The van der Waals surface area contributed by atoms with Gasteiger partial charge in [0, 0.05) is 56.9 Å². The van der Waals surface area contributed by atoms with E-state index in [1.807, 2.05) is 12.1 Å². The molecule has 0 saturated carbocycles. The van der Waals surface area contributed by atoms with Crippen LogP contribution in [0.25, 0.3) is 0 Å². The largest absolute Gasteiger partial charge is 0.497 e. The summed E-state index contributed by atoms with van der Waals surface area (Å²) in [6.07, 6.45) is 2.58. The average molecular weight is 410 g/mol. The highest BCUT2D eigenvalue weighted by molar-refractivity contribution is 5.40. The van der Waals surface area contributed by atoms with Crippen LogP contribution in [-0.2, 0) is 13.1 Å². The van der Waals surface area contributed by atoms with Crippen LogP contribution in [0.1, 0.15) is 24.0 Å². The number of hydrogen-bond donors (Lipinski definition) is 0. The van der Waals surface area contributed by atoms with Crippen molar-refractivity contribution >= 4 is 0 Å². The Morgan fingerprint density at radius 1 is 0.767 bits per heavy atom. The zero-order valence-electron chi connectivity index (χ0n) is 18.4. The van der Waals surface area contributed by atoms with Gasteiger partial charge in [0.05, 0.1) is 14.2 Å². The Bertz CT molecular complexity index is 782. The van der Waals surface area contributed by atoms with Crippen molar-refractivity contribution in [3.05, 3.63) is 59.7 Å². The Balaban J connectivity index is 1.22. The SMILES string of the molecule is COc1ccc(CN2CCN(C3CCN(Cc4ccccc4)CC3)CC2)c(OC)c1. The van der Waals surface area contributed by atoms with Gasteiger partial charge in [0.15, 0.2) is 0 Å². The first kappa shape index (κ1) is 21.2. The van der Waals surface area contributed by atoms with Crippen LogP contribution < -0.4 is 9.47 Å². The summed E-state index contributed by atoms with van der Waals surface area (Å²) in [5.41, 5.74) is 2.67. The first-order valence-corrected chi connectivity index (χ1v) is 11.2. The standard InChI is InChI=1S/C25H35N3O2/c1-29-24-9-8-22(25(18-24)30-2)20-27-14-16-28(17-15-27)23-10-12-26(13-11-23)19-21-6-4-3-5-7-21/h3-9,18,23H,10-17,19-20H2,1-2H3. The molecule has 2 fully saturated rings. The highest BCUT2D eigenvalue weighted by atomic mass is 16.5. The maximum Gasteiger partial charge on any atom is 0.127 e. The molecule has 0 spiro atoms. The molecular formula is C25H35N3O2. The Morgan fingerprint density at radius 3 is 2.13 bits per heavy atom. The molecule has 2 saturated heterocycles. The average Bonchev–Trinajstić information content (AvgIpc) is 2.81. The summed E-state index contributed by atoms with van der Waals surface area (Å²) in [6.45, 7) is 9.04. The second-order valence-corrected chi connectivity index (χ2v) is 8.48. The molecular weight excluding hydrogens is 374 g/mol. The molecule has 0 atom stereocenters. The van der Waals surface area contributed by atoms with E-state index in [0.29, 0.717) is 0 Å². The van der Waals surface area contributed by atoms with Crippen LogP contribution in [0, 0.1) is 0 Å². The van der Waals surface area contributed by atoms with E-state index < -0.39 is 0 Å². The van der Waals surface area contributed by atoms with Crippen LogP contribution in [0.2, 0.25) is 0 Å². The molecule has 2 aliphatic heterocycles. The first-order valence-electron chi connectivity index (χ1n) is 11.2. The number of benzene rings is 2. The topological polar surface area (TPSA) is 28.2 Å². The zero-order chi connectivity index (χ0) is 20.8. The fraction of sp³-hybridized carbons (Fsp3) is 0.520. The van der Waals surface area contributed by atoms with Crippen molar-refractivity contribution in [1.29, 1.82) is 0 Å². The fourth-order valence-electron chi connectivity index (χ4n) is 4.79. The Hall–Kier alpha value is -2.08. The summed E-state index contributed by atoms with van der Waals surface area (Å²) in [5, 5.41) is 0. The number of hydrogen-bond acceptors (Lipinski definition) is 5. The van der Waals surface area contributed by atoms with Crippen molar-refractivity contribution in [1.82, 2.24) is 14.7 Å². The minimum absolute atomic E-state index is 0.745. The molecule has 0 unspecified atom stereocenters. The third kappa shape index (κ3) is 5.34. The minimum Gasteiger partial charge on any atom is -0.497 e. The van der Waals surface area contributed by atoms with Crippen LogP contribution in [0.4, 0.5) is 0 Å². The van der Waals surface area contributed by atoms with Gasteiger partial charge in [-0.2, -0.15) is 0 Å². The number of ether oxygens (including phenoxy) is 2. The normalized spacial score (nSPS) is 19.7. The van der Waals surface area contributed by atoms with E-state index in [2.05, 4.69) is 51.1 Å². The molecule has 30 heavy (non-hydrogen) atoms. The van der Waals surface area contributed by atoms with Crippen molar-refractivity contribution < 1.29 is 9.47 Å². The maximum absolute atomic E-state index is 5.58. The second-order valence-electron chi connectivity index (χ2n) is 8.48. The molecule has 162 valence electrons. The fourth-order valence-corrected chi connectivity index (χ4v) is 4.79. The third-order valence-corrected chi connectivity index (χ3v) is 6.62. The lowest BCUT2D eigenvalue weighted by Gasteiger charge is -2.43. The lowest BCUT2D eigenvalue weighted by molar-refractivity contribution is 0.0547. The van der Waals surface area contributed by atoms with Gasteiger partial charge in [0.2, 0.25) is 0 Å². The summed E-state index contributed by atoms with van der Waals surface area (Å²) in [5.74, 6) is 1.77. The number of likely N-dealkylation sites (tertiary alicyclic amines) is 1. The van der Waals surface area contributed by atoms with E-state index >= 15 is 0 Å². The molecule has 2 aliphatic rings. The van der Waals surface area contributed by atoms with Crippen LogP contribution in [0.3, 0.4) is 0 Å². The maximum atomic E-state index is 5.58. The van der Waals surface area contributed by atoms with Gasteiger partial charge in [0.1, 0.15) is 11.5 Å². The minimum atomic E-state index is 0.745. The van der Waals surface area contributed by atoms with Crippen LogP contribution in [-0.4, -0.2) is 74.2 Å². The summed E-state index contributed by atoms with van der Waals surface area (Å²) in [6, 6.07) is 17.7. The van der Waals surface area contributed by atoms with Crippen LogP contribution >= 0.6 is 0 Å². The molecule has 0 bridgehead atoms. The van der Waals surface area contributed by atoms with Gasteiger partial charge in [-0.25, -0.2) is 0 Å². The summed E-state index contributed by atoms with van der Waals surface area (Å²) in [4.78, 5) is 7.88. The number of nitrogens with zero attached hydrogens (tertiary/aromatic N) is 3. The smallest absolute Gasteiger partial charge is 0.127 e. The van der Waals surface area contributed by atoms with E-state index in [1.54, 1.807) is 14.2 Å². The van der Waals surface area contributed by atoms with Gasteiger partial charge in [-0.1, -0.05) is 36.4 Å². The van der Waals surface area contributed by atoms with E-state index in [4.69, 9.17) is 9.47 Å². The van der Waals surface area contributed by atoms with Crippen molar-refractivity contribution in [2.45, 2.75) is 32.0 Å². The lowest BCUT2D eigenvalue weighted by Crippen LogP contribution is -2.52. The molecule has 0 amide bonds. The third-order valence-electron chi connectivity index (χ3n) is 6.62. The van der Waals surface area contributed by atoms with Gasteiger partial charge >= 0.3 is 0 Å². The number of rotatable bonds is 7. The number of piperidine rings is 1. The second kappa shape index (κ2) is 10.3. The van der Waals surface area contributed by atoms with Crippen molar-refractivity contribution in [2.24, 2.45) is 0 Å². The summed E-state index contributed by atoms with van der Waals surface area (Å²) < 4.78 is 10.9. The predicted molar refractivity (Wildman–Crippen MR) is 121 cm³/mol. The Morgan fingerprint density at radius 2 is 1.47 bits per heavy atom. The van der Waals surface area contributed by atoms with E-state index in [9.17, 15) is 0 Å². The first-order chi connectivity index (χ1) is 14.7. The van der Waals surface area contributed by atoms with Gasteiger partial charge in [-0.3, -0.25) is 14.7 Å². The lowest BCUT2D eigenvalue weighted by atomic mass is 10.0. The highest BCUT2D eigenvalue weighted by Gasteiger charge is 2.27. The monoisotopic (exact) mass is 409 g/mol. The van der Waals surface area contributed by atoms with Crippen molar-refractivity contribution in [2.75, 3.05) is 53.5 Å². The molecule has 2 heterocycles. The molecule has 5 heteroatoms. The Kier molecular flexibility index (Phi) is 7.26. The molecule has 2 aromatic carbocycles. The highest BCUT2D eigenvalue weighted by Crippen LogP contribution is 2.26. The van der Waals surface area contributed by atoms with Gasteiger partial charge in [0.25, 0.3) is 0 Å². The molecule has 4 rings (SSSR count). The van der Waals surface area contributed by atoms with Crippen LogP contribution in [0.15, 0.2) is 48.5 Å². The number of methoxy groups -OCH3 is 2. The summed E-state index contributed by atoms with van der Waals surface area (Å²) >= 11 is 0. The molecule has 0 radical (unpaired) electrons.